The maximum Gasteiger partial charge on any atom is 0.317 e. The SMILES string of the molecule is COc1ccc(CN(C)C(=O)NCC2CCCO2)c(OC)c1. The molecule has 1 aromatic carbocycles. The van der Waals surface area contributed by atoms with Gasteiger partial charge in [0.2, 0.25) is 0 Å². The summed E-state index contributed by atoms with van der Waals surface area (Å²) in [5.74, 6) is 1.43. The van der Waals surface area contributed by atoms with Gasteiger partial charge in [-0.05, 0) is 25.0 Å². The lowest BCUT2D eigenvalue weighted by molar-refractivity contribution is 0.109. The molecule has 0 aromatic heterocycles. The molecule has 1 atom stereocenters. The third kappa shape index (κ3) is 4.27. The van der Waals surface area contributed by atoms with Gasteiger partial charge in [-0.15, -0.1) is 0 Å². The number of rotatable bonds is 6. The number of methoxy groups -OCH3 is 2. The van der Waals surface area contributed by atoms with Crippen LogP contribution in [-0.2, 0) is 11.3 Å². The van der Waals surface area contributed by atoms with Crippen LogP contribution >= 0.6 is 0 Å². The van der Waals surface area contributed by atoms with Crippen LogP contribution in [0.3, 0.4) is 0 Å². The van der Waals surface area contributed by atoms with Crippen molar-refractivity contribution in [2.75, 3.05) is 34.4 Å². The first-order valence-electron chi connectivity index (χ1n) is 7.45. The minimum Gasteiger partial charge on any atom is -0.497 e. The van der Waals surface area contributed by atoms with E-state index in [4.69, 9.17) is 14.2 Å². The molecule has 1 heterocycles. The third-order valence-corrected chi connectivity index (χ3v) is 3.75. The van der Waals surface area contributed by atoms with E-state index in [1.165, 1.54) is 0 Å². The molecule has 0 radical (unpaired) electrons. The highest BCUT2D eigenvalue weighted by Crippen LogP contribution is 2.25. The first-order chi connectivity index (χ1) is 10.6. The van der Waals surface area contributed by atoms with Crippen LogP contribution in [0, 0.1) is 0 Å². The summed E-state index contributed by atoms with van der Waals surface area (Å²) in [6, 6.07) is 5.46. The number of carbonyl (C=O) groups is 1. The fourth-order valence-electron chi connectivity index (χ4n) is 2.45. The Balaban J connectivity index is 1.89. The lowest BCUT2D eigenvalue weighted by atomic mass is 10.2. The molecule has 2 rings (SSSR count). The number of amides is 2. The Labute approximate surface area is 131 Å². The number of nitrogens with one attached hydrogen (secondary N) is 1. The summed E-state index contributed by atoms with van der Waals surface area (Å²) in [4.78, 5) is 13.7. The molecular formula is C16H24N2O4. The van der Waals surface area contributed by atoms with Gasteiger partial charge in [-0.25, -0.2) is 4.79 Å². The van der Waals surface area contributed by atoms with Gasteiger partial charge in [-0.2, -0.15) is 0 Å². The lowest BCUT2D eigenvalue weighted by Crippen LogP contribution is -2.40. The molecule has 6 heteroatoms. The Morgan fingerprint density at radius 3 is 2.86 bits per heavy atom. The van der Waals surface area contributed by atoms with Crippen molar-refractivity contribution < 1.29 is 19.0 Å². The number of nitrogens with zero attached hydrogens (tertiary/aromatic N) is 1. The minimum absolute atomic E-state index is 0.117. The van der Waals surface area contributed by atoms with E-state index in [2.05, 4.69) is 5.32 Å². The van der Waals surface area contributed by atoms with Crippen molar-refractivity contribution >= 4 is 6.03 Å². The predicted molar refractivity (Wildman–Crippen MR) is 83.4 cm³/mol. The number of ether oxygens (including phenoxy) is 3. The molecule has 1 aliphatic rings. The second-order valence-corrected chi connectivity index (χ2v) is 5.35. The van der Waals surface area contributed by atoms with Crippen LogP contribution in [0.25, 0.3) is 0 Å². The molecule has 0 bridgehead atoms. The van der Waals surface area contributed by atoms with Crippen molar-refractivity contribution in [3.8, 4) is 11.5 Å². The van der Waals surface area contributed by atoms with Gasteiger partial charge in [0, 0.05) is 31.8 Å². The van der Waals surface area contributed by atoms with E-state index in [1.807, 2.05) is 18.2 Å². The van der Waals surface area contributed by atoms with Gasteiger partial charge in [-0.3, -0.25) is 0 Å². The summed E-state index contributed by atoms with van der Waals surface area (Å²) in [6.45, 7) is 1.81. The van der Waals surface area contributed by atoms with Gasteiger partial charge in [-0.1, -0.05) is 0 Å². The Bertz CT molecular complexity index is 501. The van der Waals surface area contributed by atoms with Gasteiger partial charge in [0.05, 0.1) is 26.9 Å². The number of hydrogen-bond donors (Lipinski definition) is 1. The minimum atomic E-state index is -0.117. The molecule has 1 N–H and O–H groups in total. The highest BCUT2D eigenvalue weighted by molar-refractivity contribution is 5.74. The summed E-state index contributed by atoms with van der Waals surface area (Å²) in [5, 5.41) is 2.90. The molecule has 0 aliphatic carbocycles. The fourth-order valence-corrected chi connectivity index (χ4v) is 2.45. The van der Waals surface area contributed by atoms with Crippen LogP contribution in [0.4, 0.5) is 4.79 Å². The normalized spacial score (nSPS) is 17.1. The zero-order valence-corrected chi connectivity index (χ0v) is 13.4. The van der Waals surface area contributed by atoms with Crippen molar-refractivity contribution in [1.82, 2.24) is 10.2 Å². The molecule has 122 valence electrons. The van der Waals surface area contributed by atoms with Crippen LogP contribution in [0.5, 0.6) is 11.5 Å². The van der Waals surface area contributed by atoms with Crippen molar-refractivity contribution in [1.29, 1.82) is 0 Å². The summed E-state index contributed by atoms with van der Waals surface area (Å²) in [5.41, 5.74) is 0.929. The Morgan fingerprint density at radius 2 is 2.23 bits per heavy atom. The maximum atomic E-state index is 12.1. The van der Waals surface area contributed by atoms with Crippen LogP contribution in [0.15, 0.2) is 18.2 Å². The Kier molecular flexibility index (Phi) is 5.89. The van der Waals surface area contributed by atoms with E-state index in [0.717, 1.165) is 30.8 Å². The smallest absolute Gasteiger partial charge is 0.317 e. The Hall–Kier alpha value is -1.95. The van der Waals surface area contributed by atoms with Crippen molar-refractivity contribution in [3.05, 3.63) is 23.8 Å². The van der Waals surface area contributed by atoms with E-state index in [1.54, 1.807) is 26.2 Å². The van der Waals surface area contributed by atoms with Gasteiger partial charge in [0.15, 0.2) is 0 Å². The van der Waals surface area contributed by atoms with E-state index in [9.17, 15) is 4.79 Å². The molecule has 0 spiro atoms. The quantitative estimate of drug-likeness (QED) is 0.873. The van der Waals surface area contributed by atoms with E-state index in [-0.39, 0.29) is 12.1 Å². The molecule has 1 aromatic rings. The summed E-state index contributed by atoms with van der Waals surface area (Å²) in [6.07, 6.45) is 2.23. The topological polar surface area (TPSA) is 60.0 Å². The average molecular weight is 308 g/mol. The Morgan fingerprint density at radius 1 is 1.41 bits per heavy atom. The zero-order valence-electron chi connectivity index (χ0n) is 13.4. The van der Waals surface area contributed by atoms with Crippen molar-refractivity contribution in [2.24, 2.45) is 0 Å². The third-order valence-electron chi connectivity index (χ3n) is 3.75. The standard InChI is InChI=1S/C16H24N2O4/c1-18(16(19)17-10-14-5-4-8-22-14)11-12-6-7-13(20-2)9-15(12)21-3/h6-7,9,14H,4-5,8,10-11H2,1-3H3,(H,17,19). The monoisotopic (exact) mass is 308 g/mol. The first kappa shape index (κ1) is 16.4. The maximum absolute atomic E-state index is 12.1. The molecule has 1 saturated heterocycles. The van der Waals surface area contributed by atoms with E-state index >= 15 is 0 Å². The molecule has 0 saturated carbocycles. The van der Waals surface area contributed by atoms with Crippen LogP contribution in [0.1, 0.15) is 18.4 Å². The number of hydrogen-bond acceptors (Lipinski definition) is 4. The summed E-state index contributed by atoms with van der Waals surface area (Å²) < 4.78 is 16.0. The van der Waals surface area contributed by atoms with Gasteiger partial charge in [0.1, 0.15) is 11.5 Å². The first-order valence-corrected chi connectivity index (χ1v) is 7.45. The molecule has 1 aliphatic heterocycles. The highest BCUT2D eigenvalue weighted by atomic mass is 16.5. The predicted octanol–water partition coefficient (Wildman–Crippen LogP) is 2.02. The zero-order chi connectivity index (χ0) is 15.9. The fraction of sp³-hybridized carbons (Fsp3) is 0.562. The number of carbonyl (C=O) groups excluding carboxylic acids is 1. The number of benzene rings is 1. The van der Waals surface area contributed by atoms with Gasteiger partial charge >= 0.3 is 6.03 Å². The molecule has 2 amide bonds. The molecular weight excluding hydrogens is 284 g/mol. The van der Waals surface area contributed by atoms with Crippen molar-refractivity contribution in [2.45, 2.75) is 25.5 Å². The summed E-state index contributed by atoms with van der Waals surface area (Å²) >= 11 is 0. The average Bonchev–Trinajstić information content (AvgIpc) is 3.06. The van der Waals surface area contributed by atoms with E-state index < -0.39 is 0 Å². The van der Waals surface area contributed by atoms with E-state index in [0.29, 0.717) is 18.8 Å². The van der Waals surface area contributed by atoms with Gasteiger partial charge in [0.25, 0.3) is 0 Å². The molecule has 6 nitrogen and oxygen atoms in total. The largest absolute Gasteiger partial charge is 0.497 e. The second-order valence-electron chi connectivity index (χ2n) is 5.35. The molecule has 1 fully saturated rings. The van der Waals surface area contributed by atoms with Crippen LogP contribution in [-0.4, -0.2) is 51.5 Å². The van der Waals surface area contributed by atoms with Crippen LogP contribution in [0.2, 0.25) is 0 Å². The van der Waals surface area contributed by atoms with Crippen LogP contribution < -0.4 is 14.8 Å². The molecule has 1 unspecified atom stereocenters. The molecule has 22 heavy (non-hydrogen) atoms. The van der Waals surface area contributed by atoms with Gasteiger partial charge < -0.3 is 24.4 Å². The number of urea groups is 1. The highest BCUT2D eigenvalue weighted by Gasteiger charge is 2.18. The summed E-state index contributed by atoms with van der Waals surface area (Å²) in [7, 11) is 4.98. The second kappa shape index (κ2) is 7.89. The van der Waals surface area contributed by atoms with Crippen molar-refractivity contribution in [3.63, 3.8) is 0 Å². The lowest BCUT2D eigenvalue weighted by Gasteiger charge is -2.21.